The number of Topliss-reactive ketones (excluding diaryl/α,β-unsaturated/α-hetero) is 1. The molecule has 2 N–H and O–H groups in total. The fourth-order valence-corrected chi connectivity index (χ4v) is 10.8. The second-order valence-corrected chi connectivity index (χ2v) is 15.5. The summed E-state index contributed by atoms with van der Waals surface area (Å²) < 4.78 is 2.05. The van der Waals surface area contributed by atoms with Crippen LogP contribution in [-0.4, -0.2) is 48.2 Å². The number of pyridine rings is 1. The number of hydrogen-bond donors (Lipinski definition) is 2. The summed E-state index contributed by atoms with van der Waals surface area (Å²) in [5.41, 5.74) is 4.68. The van der Waals surface area contributed by atoms with Crippen LogP contribution in [0.5, 0.6) is 0 Å². The van der Waals surface area contributed by atoms with E-state index in [1.807, 2.05) is 42.6 Å². The number of aryl methyl sites for hydroxylation is 1. The van der Waals surface area contributed by atoms with Gasteiger partial charge in [0.2, 0.25) is 0 Å². The fourth-order valence-electron chi connectivity index (χ4n) is 9.93. The van der Waals surface area contributed by atoms with E-state index in [0.717, 1.165) is 53.0 Å². The summed E-state index contributed by atoms with van der Waals surface area (Å²) in [4.78, 5) is 18.6. The maximum atomic E-state index is 13.9. The van der Waals surface area contributed by atoms with Gasteiger partial charge in [-0.3, -0.25) is 4.79 Å². The number of aliphatic hydroxyl groups excluding tert-OH is 1. The minimum absolute atomic E-state index is 0.0834. The summed E-state index contributed by atoms with van der Waals surface area (Å²) in [6.45, 7) is 6.52. The Balaban J connectivity index is 1.04. The molecule has 0 spiro atoms. The number of fused-ring (bicyclic) bond motifs is 7. The maximum absolute atomic E-state index is 13.9. The van der Waals surface area contributed by atoms with Gasteiger partial charge in [0.15, 0.2) is 5.78 Å². The highest BCUT2D eigenvalue weighted by molar-refractivity contribution is 7.99. The molecule has 4 aliphatic rings. The lowest BCUT2D eigenvalue weighted by Crippen LogP contribution is -2.62. The van der Waals surface area contributed by atoms with Gasteiger partial charge in [-0.15, -0.1) is 0 Å². The van der Waals surface area contributed by atoms with Crippen molar-refractivity contribution in [3.05, 3.63) is 89.3 Å². The molecule has 8 rings (SSSR count). The minimum Gasteiger partial charge on any atom is -0.393 e. The highest BCUT2D eigenvalue weighted by atomic mass is 32.2. The van der Waals surface area contributed by atoms with Crippen LogP contribution in [0.2, 0.25) is 0 Å². The van der Waals surface area contributed by atoms with Crippen LogP contribution in [0.4, 0.5) is 0 Å². The molecule has 3 saturated carbocycles. The second kappa shape index (κ2) is 10.4. The van der Waals surface area contributed by atoms with E-state index >= 15 is 0 Å². The number of aliphatic hydroxyl groups is 2. The van der Waals surface area contributed by atoms with Crippen molar-refractivity contribution in [2.45, 2.75) is 76.0 Å². The number of para-hydroxylation sites is 1. The van der Waals surface area contributed by atoms with E-state index in [2.05, 4.69) is 55.8 Å². The third kappa shape index (κ3) is 4.34. The van der Waals surface area contributed by atoms with E-state index in [1.54, 1.807) is 0 Å². The average molecular weight is 620 g/mol. The number of benzene rings is 2. The van der Waals surface area contributed by atoms with Gasteiger partial charge in [-0.25, -0.2) is 9.67 Å². The lowest BCUT2D eigenvalue weighted by Gasteiger charge is -2.60. The summed E-state index contributed by atoms with van der Waals surface area (Å²) in [6, 6.07) is 20.4. The van der Waals surface area contributed by atoms with Crippen molar-refractivity contribution in [3.8, 4) is 5.69 Å². The lowest BCUT2D eigenvalue weighted by molar-refractivity contribution is -0.177. The smallest absolute Gasteiger partial charge is 0.175 e. The maximum Gasteiger partial charge on any atom is 0.175 e. The predicted molar refractivity (Wildman–Crippen MR) is 178 cm³/mol. The van der Waals surface area contributed by atoms with Gasteiger partial charge in [-0.1, -0.05) is 73.1 Å². The molecule has 2 aromatic heterocycles. The molecule has 7 heteroatoms. The first-order chi connectivity index (χ1) is 21.6. The van der Waals surface area contributed by atoms with Crippen molar-refractivity contribution in [2.24, 2.45) is 28.6 Å². The van der Waals surface area contributed by atoms with Crippen LogP contribution < -0.4 is 0 Å². The number of thioether (sulfide) groups is 1. The van der Waals surface area contributed by atoms with Crippen molar-refractivity contribution in [1.82, 2.24) is 14.8 Å². The molecule has 2 aromatic carbocycles. The summed E-state index contributed by atoms with van der Waals surface area (Å²) in [7, 11) is 0. The van der Waals surface area contributed by atoms with Crippen molar-refractivity contribution in [1.29, 1.82) is 0 Å². The Morgan fingerprint density at radius 1 is 1.07 bits per heavy atom. The molecule has 6 nitrogen and oxygen atoms in total. The number of allylic oxidation sites excluding steroid dienone is 1. The van der Waals surface area contributed by atoms with Gasteiger partial charge in [0.25, 0.3) is 0 Å². The first-order valence-corrected chi connectivity index (χ1v) is 17.4. The zero-order valence-electron chi connectivity index (χ0n) is 26.2. The standard InChI is InChI=1S/C38H41N3O3S/c1-23-8-12-27(13-9-23)41-31-18-26-11-14-28-29-16-17-38(44,33(43)22-45-34-15-10-24-6-4-5-7-30(24)40-34)37(29,3)20-32(42)35(28)36(26,2)19-25(31)21-39-41/h4-10,12-13,15,18,21,28-29,32,35,42,44H,11,14,16-17,19-20,22H2,1-3H3/t28?,29?,32?,35?,36?,37?,38-/m0/s1. The van der Waals surface area contributed by atoms with Gasteiger partial charge in [0.1, 0.15) is 5.60 Å². The average Bonchev–Trinajstić information content (AvgIpc) is 3.55. The number of hydrogen-bond acceptors (Lipinski definition) is 6. The van der Waals surface area contributed by atoms with Crippen LogP contribution in [0.15, 0.2) is 77.5 Å². The van der Waals surface area contributed by atoms with Crippen molar-refractivity contribution in [3.63, 3.8) is 0 Å². The van der Waals surface area contributed by atoms with E-state index in [0.29, 0.717) is 12.8 Å². The summed E-state index contributed by atoms with van der Waals surface area (Å²) in [5.74, 6) is 0.573. The van der Waals surface area contributed by atoms with Gasteiger partial charge < -0.3 is 10.2 Å². The first-order valence-electron chi connectivity index (χ1n) is 16.4. The summed E-state index contributed by atoms with van der Waals surface area (Å²) in [5, 5.41) is 30.9. The van der Waals surface area contributed by atoms with Crippen LogP contribution in [-0.2, 0) is 11.2 Å². The summed E-state index contributed by atoms with van der Waals surface area (Å²) >= 11 is 1.40. The molecule has 3 fully saturated rings. The molecule has 4 aliphatic carbocycles. The Morgan fingerprint density at radius 3 is 2.69 bits per heavy atom. The highest BCUT2D eigenvalue weighted by Crippen LogP contribution is 2.67. The van der Waals surface area contributed by atoms with Gasteiger partial charge in [-0.2, -0.15) is 5.10 Å². The van der Waals surface area contributed by atoms with E-state index in [1.165, 1.54) is 28.5 Å². The Kier molecular flexibility index (Phi) is 6.73. The number of aromatic nitrogens is 3. The quantitative estimate of drug-likeness (QED) is 0.235. The Labute approximate surface area is 269 Å². The van der Waals surface area contributed by atoms with Gasteiger partial charge in [-0.05, 0) is 105 Å². The minimum atomic E-state index is -1.45. The molecule has 7 atom stereocenters. The van der Waals surface area contributed by atoms with Crippen LogP contribution in [0.3, 0.4) is 0 Å². The SMILES string of the molecule is Cc1ccc(-n2ncc3c2C=C2CCC4C(C(O)CC5(C)C4CC[C@]5(O)C(=O)CSc4ccc5ccccc5n4)C2(C)C3)cc1. The molecule has 232 valence electrons. The third-order valence-corrected chi connectivity index (χ3v) is 13.2. The number of ketones is 1. The van der Waals surface area contributed by atoms with Crippen molar-refractivity contribution in [2.75, 3.05) is 5.75 Å². The molecule has 0 amide bonds. The molecule has 2 heterocycles. The van der Waals surface area contributed by atoms with Crippen LogP contribution in [0.1, 0.15) is 62.8 Å². The highest BCUT2D eigenvalue weighted by Gasteiger charge is 2.68. The molecule has 0 radical (unpaired) electrons. The van der Waals surface area contributed by atoms with Gasteiger partial charge >= 0.3 is 0 Å². The molecule has 4 aromatic rings. The molecule has 6 unspecified atom stereocenters. The Morgan fingerprint density at radius 2 is 1.87 bits per heavy atom. The molecular formula is C38H41N3O3S. The van der Waals surface area contributed by atoms with E-state index in [4.69, 9.17) is 10.1 Å². The number of carbonyl (C=O) groups excluding carboxylic acids is 1. The first kappa shape index (κ1) is 29.2. The number of rotatable bonds is 5. The van der Waals surface area contributed by atoms with Crippen LogP contribution in [0.25, 0.3) is 22.7 Å². The van der Waals surface area contributed by atoms with E-state index in [-0.39, 0.29) is 34.7 Å². The largest absolute Gasteiger partial charge is 0.393 e. The normalized spacial score (nSPS) is 33.6. The lowest BCUT2D eigenvalue weighted by atomic mass is 9.45. The zero-order valence-corrected chi connectivity index (χ0v) is 27.1. The van der Waals surface area contributed by atoms with Gasteiger partial charge in [0.05, 0.1) is 40.0 Å². The van der Waals surface area contributed by atoms with Crippen LogP contribution in [0, 0.1) is 35.5 Å². The number of nitrogens with zero attached hydrogens (tertiary/aromatic N) is 3. The second-order valence-electron chi connectivity index (χ2n) is 14.5. The Hall–Kier alpha value is -3.26. The Bertz CT molecular complexity index is 1850. The van der Waals surface area contributed by atoms with E-state index < -0.39 is 17.1 Å². The van der Waals surface area contributed by atoms with E-state index in [9.17, 15) is 15.0 Å². The number of carbonyl (C=O) groups is 1. The van der Waals surface area contributed by atoms with Crippen LogP contribution >= 0.6 is 11.8 Å². The molecule has 0 saturated heterocycles. The zero-order chi connectivity index (χ0) is 31.1. The molecule has 0 aliphatic heterocycles. The fraction of sp³-hybridized carbons (Fsp3) is 0.447. The predicted octanol–water partition coefficient (Wildman–Crippen LogP) is 6.97. The van der Waals surface area contributed by atoms with Gasteiger partial charge in [0, 0.05) is 10.8 Å². The molecule has 0 bridgehead atoms. The topological polar surface area (TPSA) is 88.2 Å². The molecule has 45 heavy (non-hydrogen) atoms. The van der Waals surface area contributed by atoms with Crippen molar-refractivity contribution < 1.29 is 15.0 Å². The van der Waals surface area contributed by atoms with Crippen molar-refractivity contribution >= 4 is 34.5 Å². The molecular weight excluding hydrogens is 579 g/mol. The third-order valence-electron chi connectivity index (χ3n) is 12.2. The summed E-state index contributed by atoms with van der Waals surface area (Å²) in [6.07, 6.45) is 8.26. The monoisotopic (exact) mass is 619 g/mol.